The fraction of sp³-hybridized carbons (Fsp3) is 0.929. The number of carbonyl (C=O) groups excluding carboxylic acids is 2. The molecule has 1 rings (SSSR count). The van der Waals surface area contributed by atoms with Crippen LogP contribution in [0.5, 0.6) is 0 Å². The van der Waals surface area contributed by atoms with Crippen LogP contribution in [0.15, 0.2) is 0 Å². The van der Waals surface area contributed by atoms with Crippen molar-refractivity contribution in [3.63, 3.8) is 0 Å². The summed E-state index contributed by atoms with van der Waals surface area (Å²) in [7, 11) is 2.70. The Balaban J connectivity index is 0.000000999. The summed E-state index contributed by atoms with van der Waals surface area (Å²) < 4.78 is 4.29. The van der Waals surface area contributed by atoms with Crippen LogP contribution in [0.3, 0.4) is 0 Å². The van der Waals surface area contributed by atoms with Gasteiger partial charge in [0.15, 0.2) is 0 Å². The second-order valence-corrected chi connectivity index (χ2v) is 12.0. The van der Waals surface area contributed by atoms with Crippen LogP contribution in [0.1, 0.15) is 148 Å². The second kappa shape index (κ2) is 29.0. The van der Waals surface area contributed by atoms with Crippen LogP contribution in [0, 0.1) is 0 Å². The maximum atomic E-state index is 10.4. The highest BCUT2D eigenvalue weighted by atomic mass is 33.1. The SMILES string of the molecule is CCCCCCCCCCCCCCCCCCCCCCCCO.O=C1CSSCC(=O)O1. The fourth-order valence-corrected chi connectivity index (χ4v) is 5.64. The van der Waals surface area contributed by atoms with Crippen molar-refractivity contribution in [2.24, 2.45) is 0 Å². The lowest BCUT2D eigenvalue weighted by atomic mass is 10.0. The maximum absolute atomic E-state index is 10.4. The highest BCUT2D eigenvalue weighted by Crippen LogP contribution is 2.23. The topological polar surface area (TPSA) is 63.6 Å². The molecule has 6 heteroatoms. The Morgan fingerprint density at radius 2 is 0.794 bits per heavy atom. The van der Waals surface area contributed by atoms with Crippen LogP contribution < -0.4 is 0 Å². The van der Waals surface area contributed by atoms with E-state index in [1.54, 1.807) is 0 Å². The minimum Gasteiger partial charge on any atom is -0.396 e. The Hall–Kier alpha value is -0.200. The summed E-state index contributed by atoms with van der Waals surface area (Å²) in [6.07, 6.45) is 31.1. The van der Waals surface area contributed by atoms with Crippen molar-refractivity contribution in [2.75, 3.05) is 18.1 Å². The number of hydrogen-bond donors (Lipinski definition) is 1. The Morgan fingerprint density at radius 1 is 0.529 bits per heavy atom. The summed E-state index contributed by atoms with van der Waals surface area (Å²) in [6.45, 7) is 2.67. The summed E-state index contributed by atoms with van der Waals surface area (Å²) in [5.74, 6) is -0.322. The molecular formula is C28H54O4S2. The molecule has 1 aliphatic rings. The zero-order valence-electron chi connectivity index (χ0n) is 22.2. The van der Waals surface area contributed by atoms with Crippen molar-refractivity contribution in [3.8, 4) is 0 Å². The van der Waals surface area contributed by atoms with Gasteiger partial charge in [0.05, 0.1) is 0 Å². The number of esters is 2. The van der Waals surface area contributed by atoms with Crippen LogP contribution in [-0.4, -0.2) is 35.2 Å². The average Bonchev–Trinajstić information content (AvgIpc) is 3.02. The van der Waals surface area contributed by atoms with Crippen LogP contribution >= 0.6 is 21.6 Å². The van der Waals surface area contributed by atoms with Crippen LogP contribution in [0.2, 0.25) is 0 Å². The first kappa shape index (κ1) is 33.8. The first-order valence-corrected chi connectivity index (χ1v) is 16.8. The van der Waals surface area contributed by atoms with E-state index in [4.69, 9.17) is 5.11 Å². The largest absolute Gasteiger partial charge is 0.396 e. The van der Waals surface area contributed by atoms with Gasteiger partial charge >= 0.3 is 11.9 Å². The number of rotatable bonds is 22. The molecule has 1 N–H and O–H groups in total. The van der Waals surface area contributed by atoms with E-state index in [-0.39, 0.29) is 11.5 Å². The van der Waals surface area contributed by atoms with Gasteiger partial charge in [-0.05, 0) is 6.42 Å². The van der Waals surface area contributed by atoms with Gasteiger partial charge in [-0.15, -0.1) is 0 Å². The highest BCUT2D eigenvalue weighted by Gasteiger charge is 2.15. The molecule has 1 fully saturated rings. The first-order valence-electron chi connectivity index (χ1n) is 14.3. The average molecular weight is 519 g/mol. The molecule has 0 aromatic rings. The minimum atomic E-state index is -0.435. The number of hydrogen-bond acceptors (Lipinski definition) is 6. The molecule has 0 bridgehead atoms. The smallest absolute Gasteiger partial charge is 0.324 e. The van der Waals surface area contributed by atoms with Crippen molar-refractivity contribution in [1.29, 1.82) is 0 Å². The summed E-state index contributed by atoms with van der Waals surface area (Å²) >= 11 is 0. The van der Waals surface area contributed by atoms with E-state index in [9.17, 15) is 9.59 Å². The molecule has 0 unspecified atom stereocenters. The van der Waals surface area contributed by atoms with Gasteiger partial charge < -0.3 is 9.84 Å². The van der Waals surface area contributed by atoms with E-state index < -0.39 is 11.9 Å². The van der Waals surface area contributed by atoms with E-state index in [1.165, 1.54) is 156 Å². The van der Waals surface area contributed by atoms with Crippen molar-refractivity contribution in [1.82, 2.24) is 0 Å². The predicted molar refractivity (Wildman–Crippen MR) is 150 cm³/mol. The van der Waals surface area contributed by atoms with Crippen molar-refractivity contribution in [2.45, 2.75) is 148 Å². The molecule has 0 aromatic carbocycles. The lowest BCUT2D eigenvalue weighted by molar-refractivity contribution is -0.155. The van der Waals surface area contributed by atoms with Gasteiger partial charge in [-0.2, -0.15) is 0 Å². The third kappa shape index (κ3) is 28.0. The van der Waals surface area contributed by atoms with Gasteiger partial charge in [0.1, 0.15) is 11.5 Å². The quantitative estimate of drug-likeness (QED) is 0.0667. The van der Waals surface area contributed by atoms with Gasteiger partial charge in [0.2, 0.25) is 0 Å². The number of unbranched alkanes of at least 4 members (excludes halogenated alkanes) is 21. The molecule has 0 aromatic heterocycles. The first-order chi connectivity index (χ1) is 16.7. The van der Waals surface area contributed by atoms with Crippen molar-refractivity contribution < 1.29 is 19.4 Å². The third-order valence-corrected chi connectivity index (χ3v) is 8.26. The zero-order chi connectivity index (χ0) is 25.0. The number of carbonyl (C=O) groups is 2. The van der Waals surface area contributed by atoms with Crippen LogP contribution in [0.25, 0.3) is 0 Å². The standard InChI is InChI=1S/C24H50O.C4H4O3S2/c1-2-3-4-5-6-7-8-9-10-11-12-13-14-15-16-17-18-19-20-21-22-23-24-25;5-3-1-8-9-2-4(6)7-3/h25H,2-24H2,1H3;1-2H2. The molecule has 0 radical (unpaired) electrons. The Kier molecular flexibility index (Phi) is 28.9. The third-order valence-electron chi connectivity index (χ3n) is 6.18. The molecule has 0 atom stereocenters. The molecule has 1 aliphatic heterocycles. The number of aliphatic hydroxyl groups is 1. The Bertz CT molecular complexity index is 408. The Labute approximate surface area is 218 Å². The van der Waals surface area contributed by atoms with Gasteiger partial charge in [-0.1, -0.05) is 163 Å². The van der Waals surface area contributed by atoms with Gasteiger partial charge in [0.25, 0.3) is 0 Å². The molecule has 0 amide bonds. The van der Waals surface area contributed by atoms with E-state index in [1.807, 2.05) is 0 Å². The fourth-order valence-electron chi connectivity index (χ4n) is 4.09. The van der Waals surface area contributed by atoms with E-state index in [2.05, 4.69) is 11.7 Å². The van der Waals surface area contributed by atoms with E-state index in [0.29, 0.717) is 6.61 Å². The summed E-state index contributed by atoms with van der Waals surface area (Å²) in [5, 5.41) is 8.72. The van der Waals surface area contributed by atoms with E-state index >= 15 is 0 Å². The lowest BCUT2D eigenvalue weighted by Crippen LogP contribution is -2.12. The minimum absolute atomic E-state index is 0.274. The van der Waals surface area contributed by atoms with Crippen LogP contribution in [0.4, 0.5) is 0 Å². The van der Waals surface area contributed by atoms with E-state index in [0.717, 1.165) is 6.42 Å². The predicted octanol–water partition coefficient (Wildman–Crippen LogP) is 9.03. The lowest BCUT2D eigenvalue weighted by Gasteiger charge is -2.04. The molecule has 4 nitrogen and oxygen atoms in total. The number of aliphatic hydroxyl groups excluding tert-OH is 1. The molecule has 0 aliphatic carbocycles. The Morgan fingerprint density at radius 3 is 1.06 bits per heavy atom. The van der Waals surface area contributed by atoms with Gasteiger partial charge in [0, 0.05) is 6.61 Å². The molecule has 1 heterocycles. The number of cyclic esters (lactones) is 2. The summed E-state index contributed by atoms with van der Waals surface area (Å²) in [5.41, 5.74) is 0. The molecule has 1 saturated heterocycles. The number of ether oxygens (including phenoxy) is 1. The molecule has 0 saturated carbocycles. The van der Waals surface area contributed by atoms with Gasteiger partial charge in [-0.3, -0.25) is 9.59 Å². The second-order valence-electron chi connectivity index (χ2n) is 9.52. The van der Waals surface area contributed by atoms with Crippen molar-refractivity contribution in [3.05, 3.63) is 0 Å². The van der Waals surface area contributed by atoms with Gasteiger partial charge in [-0.25, -0.2) is 0 Å². The zero-order valence-corrected chi connectivity index (χ0v) is 23.8. The molecule has 0 spiro atoms. The normalized spacial score (nSPS) is 13.8. The maximum Gasteiger partial charge on any atom is 0.324 e. The van der Waals surface area contributed by atoms with Crippen molar-refractivity contribution >= 4 is 33.5 Å². The molecule has 202 valence electrons. The highest BCUT2D eigenvalue weighted by molar-refractivity contribution is 8.77. The summed E-state index contributed by atoms with van der Waals surface area (Å²) in [6, 6.07) is 0. The molecule has 34 heavy (non-hydrogen) atoms. The monoisotopic (exact) mass is 518 g/mol. The molecular weight excluding hydrogens is 464 g/mol. The summed E-state index contributed by atoms with van der Waals surface area (Å²) in [4.78, 5) is 20.8. The van der Waals surface area contributed by atoms with Crippen LogP contribution in [-0.2, 0) is 14.3 Å².